The molecule has 0 fully saturated rings. The summed E-state index contributed by atoms with van der Waals surface area (Å²) in [5.74, 6) is 0.607. The maximum absolute atomic E-state index is 12.7. The van der Waals surface area contributed by atoms with E-state index < -0.39 is 0 Å². The second-order valence-corrected chi connectivity index (χ2v) is 7.99. The number of aryl methyl sites for hydroxylation is 2. The summed E-state index contributed by atoms with van der Waals surface area (Å²) < 4.78 is 5.64. The second kappa shape index (κ2) is 10.8. The van der Waals surface area contributed by atoms with Crippen LogP contribution in [0.3, 0.4) is 0 Å². The van der Waals surface area contributed by atoms with Crippen molar-refractivity contribution in [1.29, 1.82) is 0 Å². The zero-order valence-electron chi connectivity index (χ0n) is 18.8. The molecule has 1 aliphatic rings. The number of anilines is 2. The maximum Gasteiger partial charge on any atom is 0.227 e. The Hall–Kier alpha value is -3.02. The molecule has 6 heteroatoms. The number of nitrogens with one attached hydrogen (secondary N) is 1. The van der Waals surface area contributed by atoms with Gasteiger partial charge in [0, 0.05) is 38.2 Å². The van der Waals surface area contributed by atoms with Gasteiger partial charge in [0.2, 0.25) is 11.8 Å². The summed E-state index contributed by atoms with van der Waals surface area (Å²) in [4.78, 5) is 29.0. The molecule has 6 nitrogen and oxygen atoms in total. The highest BCUT2D eigenvalue weighted by atomic mass is 16.5. The van der Waals surface area contributed by atoms with E-state index in [9.17, 15) is 9.59 Å². The molecule has 2 amide bonds. The molecule has 0 saturated heterocycles. The molecule has 1 N–H and O–H groups in total. The van der Waals surface area contributed by atoms with Gasteiger partial charge in [-0.25, -0.2) is 0 Å². The highest BCUT2D eigenvalue weighted by molar-refractivity contribution is 5.97. The average Bonchev–Trinajstić information content (AvgIpc) is 2.77. The molecule has 3 rings (SSSR count). The lowest BCUT2D eigenvalue weighted by Gasteiger charge is -2.30. The van der Waals surface area contributed by atoms with E-state index >= 15 is 0 Å². The van der Waals surface area contributed by atoms with Gasteiger partial charge in [0.05, 0.1) is 12.2 Å². The largest absolute Gasteiger partial charge is 0.490 e. The summed E-state index contributed by atoms with van der Waals surface area (Å²) in [6.45, 7) is 9.62. The summed E-state index contributed by atoms with van der Waals surface area (Å²) in [5.41, 5.74) is 4.33. The number of hydrogen-bond acceptors (Lipinski definition) is 4. The SMILES string of the molecule is CCN(CCCNC(=O)CCC(=O)N1CCOc2ccc(C)cc21)c1cccc(C)c1. The Balaban J connectivity index is 1.41. The first-order valence-electron chi connectivity index (χ1n) is 11.1. The normalized spacial score (nSPS) is 12.7. The van der Waals surface area contributed by atoms with Crippen LogP contribution in [0.25, 0.3) is 0 Å². The van der Waals surface area contributed by atoms with Crippen LogP contribution in [0.5, 0.6) is 5.75 Å². The summed E-state index contributed by atoms with van der Waals surface area (Å²) in [5, 5.41) is 2.95. The minimum Gasteiger partial charge on any atom is -0.490 e. The number of amides is 2. The number of carbonyl (C=O) groups excluding carboxylic acids is 2. The maximum atomic E-state index is 12.7. The zero-order valence-corrected chi connectivity index (χ0v) is 18.8. The smallest absolute Gasteiger partial charge is 0.227 e. The fraction of sp³-hybridized carbons (Fsp3) is 0.440. The van der Waals surface area contributed by atoms with Crippen molar-refractivity contribution in [3.63, 3.8) is 0 Å². The lowest BCUT2D eigenvalue weighted by Crippen LogP contribution is -2.38. The molecule has 0 radical (unpaired) electrons. The van der Waals surface area contributed by atoms with Crippen molar-refractivity contribution in [3.05, 3.63) is 53.6 Å². The highest BCUT2D eigenvalue weighted by Crippen LogP contribution is 2.32. The molecule has 0 saturated carbocycles. The quantitative estimate of drug-likeness (QED) is 0.623. The summed E-state index contributed by atoms with van der Waals surface area (Å²) >= 11 is 0. The first-order chi connectivity index (χ1) is 15.0. The monoisotopic (exact) mass is 423 g/mol. The van der Waals surface area contributed by atoms with Gasteiger partial charge < -0.3 is 19.9 Å². The fourth-order valence-corrected chi connectivity index (χ4v) is 3.82. The third-order valence-corrected chi connectivity index (χ3v) is 5.52. The van der Waals surface area contributed by atoms with Gasteiger partial charge in [-0.15, -0.1) is 0 Å². The molecular formula is C25H33N3O3. The van der Waals surface area contributed by atoms with E-state index in [4.69, 9.17) is 4.74 Å². The van der Waals surface area contributed by atoms with Crippen molar-refractivity contribution in [1.82, 2.24) is 5.32 Å². The Morgan fingerprint density at radius 1 is 1.10 bits per heavy atom. The van der Waals surface area contributed by atoms with Crippen LogP contribution >= 0.6 is 0 Å². The summed E-state index contributed by atoms with van der Waals surface area (Å²) in [6, 6.07) is 14.3. The topological polar surface area (TPSA) is 61.9 Å². The van der Waals surface area contributed by atoms with E-state index in [1.165, 1.54) is 11.3 Å². The molecule has 0 spiro atoms. The number of ether oxygens (including phenoxy) is 1. The van der Waals surface area contributed by atoms with Crippen molar-refractivity contribution < 1.29 is 14.3 Å². The molecule has 0 bridgehead atoms. The lowest BCUT2D eigenvalue weighted by atomic mass is 10.1. The zero-order chi connectivity index (χ0) is 22.2. The van der Waals surface area contributed by atoms with Crippen molar-refractivity contribution in [2.24, 2.45) is 0 Å². The molecule has 0 unspecified atom stereocenters. The van der Waals surface area contributed by atoms with E-state index in [1.807, 2.05) is 25.1 Å². The molecule has 166 valence electrons. The first kappa shape index (κ1) is 22.7. The number of fused-ring (bicyclic) bond motifs is 1. The predicted molar refractivity (Wildman–Crippen MR) is 125 cm³/mol. The molecule has 1 heterocycles. The second-order valence-electron chi connectivity index (χ2n) is 7.99. The van der Waals surface area contributed by atoms with Crippen molar-refractivity contribution in [2.75, 3.05) is 42.6 Å². The number of rotatable bonds is 9. The third kappa shape index (κ3) is 6.23. The van der Waals surface area contributed by atoms with E-state index in [1.54, 1.807) is 4.90 Å². The van der Waals surface area contributed by atoms with Gasteiger partial charge in [-0.05, 0) is 62.6 Å². The van der Waals surface area contributed by atoms with Crippen LogP contribution < -0.4 is 19.9 Å². The van der Waals surface area contributed by atoms with Gasteiger partial charge in [0.1, 0.15) is 12.4 Å². The highest BCUT2D eigenvalue weighted by Gasteiger charge is 2.24. The van der Waals surface area contributed by atoms with Crippen molar-refractivity contribution in [2.45, 2.75) is 40.0 Å². The average molecular weight is 424 g/mol. The van der Waals surface area contributed by atoms with Crippen LogP contribution in [0.15, 0.2) is 42.5 Å². The Morgan fingerprint density at radius 2 is 1.90 bits per heavy atom. The number of nitrogens with zero attached hydrogens (tertiary/aromatic N) is 2. The summed E-state index contributed by atoms with van der Waals surface area (Å²) in [7, 11) is 0. The van der Waals surface area contributed by atoms with Gasteiger partial charge in [-0.1, -0.05) is 18.2 Å². The molecule has 0 aromatic heterocycles. The van der Waals surface area contributed by atoms with Crippen LogP contribution in [0, 0.1) is 13.8 Å². The Morgan fingerprint density at radius 3 is 2.68 bits per heavy atom. The van der Waals surface area contributed by atoms with Gasteiger partial charge in [0.25, 0.3) is 0 Å². The van der Waals surface area contributed by atoms with Crippen molar-refractivity contribution in [3.8, 4) is 5.75 Å². The molecule has 2 aromatic rings. The van der Waals surface area contributed by atoms with E-state index in [2.05, 4.69) is 48.3 Å². The first-order valence-corrected chi connectivity index (χ1v) is 11.1. The standard InChI is InChI=1S/C25H33N3O3/c1-4-27(21-8-5-7-19(2)17-21)14-6-13-26-24(29)11-12-25(30)28-15-16-31-23-10-9-20(3)18-22(23)28/h5,7-10,17-18H,4,6,11-16H2,1-3H3,(H,26,29). The minimum absolute atomic E-state index is 0.0399. The van der Waals surface area contributed by atoms with Crippen molar-refractivity contribution >= 4 is 23.2 Å². The van der Waals surface area contributed by atoms with Crippen LogP contribution in [0.2, 0.25) is 0 Å². The third-order valence-electron chi connectivity index (χ3n) is 5.52. The van der Waals surface area contributed by atoms with Gasteiger partial charge in [-0.2, -0.15) is 0 Å². The fourth-order valence-electron chi connectivity index (χ4n) is 3.82. The number of hydrogen-bond donors (Lipinski definition) is 1. The molecule has 2 aromatic carbocycles. The van der Waals surface area contributed by atoms with Crippen LogP contribution in [0.1, 0.15) is 37.3 Å². The van der Waals surface area contributed by atoms with Gasteiger partial charge in [-0.3, -0.25) is 9.59 Å². The van der Waals surface area contributed by atoms with Gasteiger partial charge >= 0.3 is 0 Å². The number of carbonyl (C=O) groups is 2. The van der Waals surface area contributed by atoms with E-state index in [0.717, 1.165) is 36.5 Å². The Labute approximate surface area is 185 Å². The molecule has 1 aliphatic heterocycles. The van der Waals surface area contributed by atoms with Crippen LogP contribution in [-0.4, -0.2) is 44.6 Å². The molecular weight excluding hydrogens is 390 g/mol. The van der Waals surface area contributed by atoms with E-state index in [0.29, 0.717) is 19.7 Å². The minimum atomic E-state index is -0.0790. The Kier molecular flexibility index (Phi) is 7.93. The van der Waals surface area contributed by atoms with Gasteiger partial charge in [0.15, 0.2) is 0 Å². The molecule has 0 aliphatic carbocycles. The Bertz CT molecular complexity index is 913. The molecule has 31 heavy (non-hydrogen) atoms. The molecule has 0 atom stereocenters. The number of benzene rings is 2. The van der Waals surface area contributed by atoms with E-state index in [-0.39, 0.29) is 24.7 Å². The van der Waals surface area contributed by atoms with Crippen LogP contribution in [0.4, 0.5) is 11.4 Å². The van der Waals surface area contributed by atoms with Crippen LogP contribution in [-0.2, 0) is 9.59 Å². The predicted octanol–water partition coefficient (Wildman–Crippen LogP) is 3.84. The lowest BCUT2D eigenvalue weighted by molar-refractivity contribution is -0.125. The summed E-state index contributed by atoms with van der Waals surface area (Å²) in [6.07, 6.45) is 1.26.